The van der Waals surface area contributed by atoms with Crippen LogP contribution in [0.4, 0.5) is 5.69 Å². The normalized spacial score (nSPS) is 20.2. The standard InChI is InChI=1S/C22H27N3O3S/c1-16-4-5-17(13-24-6-9-29-10-7-24)11-20(16)23-22(27)18-12-21(26)25(14-18)15-19-3-2-8-28-19/h2-5,8,11,18H,6-7,9-10,12-15H2,1H3,(H,23,27). The van der Waals surface area contributed by atoms with E-state index in [0.717, 1.165) is 36.6 Å². The maximum absolute atomic E-state index is 12.8. The summed E-state index contributed by atoms with van der Waals surface area (Å²) in [6, 6.07) is 9.92. The fourth-order valence-electron chi connectivity index (χ4n) is 3.85. The van der Waals surface area contributed by atoms with Crippen LogP contribution in [0.15, 0.2) is 41.0 Å². The van der Waals surface area contributed by atoms with Gasteiger partial charge in [0.05, 0.1) is 18.7 Å². The van der Waals surface area contributed by atoms with Crippen molar-refractivity contribution < 1.29 is 14.0 Å². The van der Waals surface area contributed by atoms with Crippen LogP contribution in [0.2, 0.25) is 0 Å². The van der Waals surface area contributed by atoms with E-state index in [4.69, 9.17) is 4.42 Å². The Morgan fingerprint density at radius 1 is 1.24 bits per heavy atom. The number of thioether (sulfide) groups is 1. The number of carbonyl (C=O) groups excluding carboxylic acids is 2. The predicted octanol–water partition coefficient (Wildman–Crippen LogP) is 3.12. The predicted molar refractivity (Wildman–Crippen MR) is 115 cm³/mol. The summed E-state index contributed by atoms with van der Waals surface area (Å²) in [5.74, 6) is 2.67. The average Bonchev–Trinajstić information content (AvgIpc) is 3.36. The Morgan fingerprint density at radius 3 is 2.83 bits per heavy atom. The lowest BCUT2D eigenvalue weighted by Gasteiger charge is -2.26. The molecule has 0 radical (unpaired) electrons. The molecular formula is C22H27N3O3S. The molecule has 2 aromatic rings. The van der Waals surface area contributed by atoms with E-state index in [1.807, 2.05) is 24.8 Å². The molecule has 2 amide bonds. The van der Waals surface area contributed by atoms with Gasteiger partial charge in [-0.3, -0.25) is 14.5 Å². The van der Waals surface area contributed by atoms with Crippen molar-refractivity contribution in [1.29, 1.82) is 0 Å². The van der Waals surface area contributed by atoms with Crippen molar-refractivity contribution >= 4 is 29.3 Å². The first-order valence-corrected chi connectivity index (χ1v) is 11.2. The van der Waals surface area contributed by atoms with Gasteiger partial charge in [-0.05, 0) is 36.2 Å². The smallest absolute Gasteiger partial charge is 0.229 e. The number of carbonyl (C=O) groups is 2. The Kier molecular flexibility index (Phi) is 6.25. The zero-order valence-corrected chi connectivity index (χ0v) is 17.5. The van der Waals surface area contributed by atoms with E-state index in [1.54, 1.807) is 17.2 Å². The van der Waals surface area contributed by atoms with E-state index in [9.17, 15) is 9.59 Å². The third-order valence-electron chi connectivity index (χ3n) is 5.58. The molecule has 7 heteroatoms. The number of benzene rings is 1. The Balaban J connectivity index is 1.37. The summed E-state index contributed by atoms with van der Waals surface area (Å²) in [5.41, 5.74) is 3.09. The third-order valence-corrected chi connectivity index (χ3v) is 6.52. The Morgan fingerprint density at radius 2 is 2.07 bits per heavy atom. The Bertz CT molecular complexity index is 862. The summed E-state index contributed by atoms with van der Waals surface area (Å²) in [6.07, 6.45) is 1.84. The lowest BCUT2D eigenvalue weighted by atomic mass is 10.1. The molecule has 2 aliphatic rings. The molecule has 4 rings (SSSR count). The van der Waals surface area contributed by atoms with Crippen molar-refractivity contribution in [2.75, 3.05) is 36.5 Å². The van der Waals surface area contributed by atoms with E-state index in [2.05, 4.69) is 28.4 Å². The van der Waals surface area contributed by atoms with Gasteiger partial charge in [0.2, 0.25) is 11.8 Å². The van der Waals surface area contributed by atoms with Crippen LogP contribution >= 0.6 is 11.8 Å². The van der Waals surface area contributed by atoms with E-state index >= 15 is 0 Å². The molecule has 1 N–H and O–H groups in total. The first-order valence-electron chi connectivity index (χ1n) is 10.1. The second-order valence-corrected chi connectivity index (χ2v) is 9.01. The molecule has 154 valence electrons. The van der Waals surface area contributed by atoms with Gasteiger partial charge >= 0.3 is 0 Å². The molecule has 0 spiro atoms. The molecule has 1 aromatic carbocycles. The number of nitrogens with zero attached hydrogens (tertiary/aromatic N) is 2. The second kappa shape index (κ2) is 9.05. The van der Waals surface area contributed by atoms with Crippen LogP contribution in [0.3, 0.4) is 0 Å². The Labute approximate surface area is 175 Å². The van der Waals surface area contributed by atoms with E-state index in [0.29, 0.717) is 13.1 Å². The molecule has 2 saturated heterocycles. The molecule has 2 aliphatic heterocycles. The minimum Gasteiger partial charge on any atom is -0.467 e. The molecule has 3 heterocycles. The maximum atomic E-state index is 12.8. The zero-order valence-electron chi connectivity index (χ0n) is 16.7. The molecule has 29 heavy (non-hydrogen) atoms. The number of hydrogen-bond acceptors (Lipinski definition) is 5. The number of anilines is 1. The van der Waals surface area contributed by atoms with Crippen LogP contribution in [0, 0.1) is 12.8 Å². The van der Waals surface area contributed by atoms with Crippen LogP contribution in [0.5, 0.6) is 0 Å². The Hall–Kier alpha value is -2.25. The number of furan rings is 1. The quantitative estimate of drug-likeness (QED) is 0.788. The fourth-order valence-corrected chi connectivity index (χ4v) is 4.82. The highest BCUT2D eigenvalue weighted by Crippen LogP contribution is 2.24. The van der Waals surface area contributed by atoms with Gasteiger partial charge in [-0.1, -0.05) is 12.1 Å². The summed E-state index contributed by atoms with van der Waals surface area (Å²) < 4.78 is 5.33. The summed E-state index contributed by atoms with van der Waals surface area (Å²) in [5, 5.41) is 3.07. The van der Waals surface area contributed by atoms with E-state index in [-0.39, 0.29) is 24.2 Å². The maximum Gasteiger partial charge on any atom is 0.229 e. The summed E-state index contributed by atoms with van der Waals surface area (Å²) in [7, 11) is 0. The molecule has 1 unspecified atom stereocenters. The van der Waals surface area contributed by atoms with Crippen molar-refractivity contribution in [1.82, 2.24) is 9.80 Å². The van der Waals surface area contributed by atoms with Gasteiger partial charge in [0.25, 0.3) is 0 Å². The summed E-state index contributed by atoms with van der Waals surface area (Å²) >= 11 is 2.00. The van der Waals surface area contributed by atoms with E-state index in [1.165, 1.54) is 17.1 Å². The van der Waals surface area contributed by atoms with Gasteiger partial charge in [0.15, 0.2) is 0 Å². The molecule has 1 aromatic heterocycles. The van der Waals surface area contributed by atoms with Gasteiger partial charge in [0, 0.05) is 49.8 Å². The van der Waals surface area contributed by atoms with Gasteiger partial charge < -0.3 is 14.6 Å². The lowest BCUT2D eigenvalue weighted by Crippen LogP contribution is -2.32. The monoisotopic (exact) mass is 413 g/mol. The van der Waals surface area contributed by atoms with Crippen molar-refractivity contribution in [3.8, 4) is 0 Å². The molecular weight excluding hydrogens is 386 g/mol. The topological polar surface area (TPSA) is 65.8 Å². The molecule has 0 bridgehead atoms. The average molecular weight is 414 g/mol. The van der Waals surface area contributed by atoms with Gasteiger partial charge in [0.1, 0.15) is 5.76 Å². The summed E-state index contributed by atoms with van der Waals surface area (Å²) in [6.45, 7) is 5.96. The lowest BCUT2D eigenvalue weighted by molar-refractivity contribution is -0.128. The third kappa shape index (κ3) is 5.03. The largest absolute Gasteiger partial charge is 0.467 e. The second-order valence-electron chi connectivity index (χ2n) is 7.78. The number of aryl methyl sites for hydroxylation is 1. The highest BCUT2D eigenvalue weighted by molar-refractivity contribution is 7.99. The van der Waals surface area contributed by atoms with Crippen LogP contribution in [0.1, 0.15) is 23.3 Å². The van der Waals surface area contributed by atoms with Crippen molar-refractivity contribution in [2.45, 2.75) is 26.4 Å². The SMILES string of the molecule is Cc1ccc(CN2CCSCC2)cc1NC(=O)C1CC(=O)N(Cc2ccco2)C1. The summed E-state index contributed by atoms with van der Waals surface area (Å²) in [4.78, 5) is 29.3. The van der Waals surface area contributed by atoms with Crippen LogP contribution in [-0.4, -0.2) is 52.8 Å². The number of nitrogens with one attached hydrogen (secondary N) is 1. The van der Waals surface area contributed by atoms with Gasteiger partial charge in [-0.25, -0.2) is 0 Å². The molecule has 2 fully saturated rings. The first-order chi connectivity index (χ1) is 14.1. The number of rotatable bonds is 6. The van der Waals surface area contributed by atoms with E-state index < -0.39 is 0 Å². The highest BCUT2D eigenvalue weighted by Gasteiger charge is 2.34. The number of hydrogen-bond donors (Lipinski definition) is 1. The molecule has 0 aliphatic carbocycles. The zero-order chi connectivity index (χ0) is 20.2. The van der Waals surface area contributed by atoms with Gasteiger partial charge in [-0.2, -0.15) is 11.8 Å². The minimum absolute atomic E-state index is 0.00464. The molecule has 1 atom stereocenters. The van der Waals surface area contributed by atoms with Crippen molar-refractivity contribution in [3.63, 3.8) is 0 Å². The van der Waals surface area contributed by atoms with Crippen molar-refractivity contribution in [2.24, 2.45) is 5.92 Å². The fraction of sp³-hybridized carbons (Fsp3) is 0.455. The minimum atomic E-state index is -0.334. The van der Waals surface area contributed by atoms with Crippen LogP contribution < -0.4 is 5.32 Å². The van der Waals surface area contributed by atoms with Crippen LogP contribution in [0.25, 0.3) is 0 Å². The highest BCUT2D eigenvalue weighted by atomic mass is 32.2. The molecule has 0 saturated carbocycles. The van der Waals surface area contributed by atoms with Gasteiger partial charge in [-0.15, -0.1) is 0 Å². The number of likely N-dealkylation sites (tertiary alicyclic amines) is 1. The first kappa shape index (κ1) is 20.0. The number of amides is 2. The van der Waals surface area contributed by atoms with Crippen LogP contribution in [-0.2, 0) is 22.7 Å². The van der Waals surface area contributed by atoms with Crippen molar-refractivity contribution in [3.05, 3.63) is 53.5 Å². The molecule has 6 nitrogen and oxygen atoms in total.